The number of hydrogen-bond donors (Lipinski definition) is 1. The van der Waals surface area contributed by atoms with Crippen LogP contribution in [0.4, 0.5) is 0 Å². The van der Waals surface area contributed by atoms with Gasteiger partial charge in [-0.3, -0.25) is 4.79 Å². The number of benzene rings is 3. The molecule has 5 heteroatoms. The van der Waals surface area contributed by atoms with Crippen LogP contribution in [0, 0.1) is 0 Å². The van der Waals surface area contributed by atoms with Crippen molar-refractivity contribution in [2.45, 2.75) is 25.9 Å². The van der Waals surface area contributed by atoms with Crippen LogP contribution in [-0.2, 0) is 17.8 Å². The molecule has 4 nitrogen and oxygen atoms in total. The predicted molar refractivity (Wildman–Crippen MR) is 123 cm³/mol. The van der Waals surface area contributed by atoms with Crippen molar-refractivity contribution in [2.75, 3.05) is 7.11 Å². The highest BCUT2D eigenvalue weighted by molar-refractivity contribution is 6.30. The largest absolute Gasteiger partial charge is 0.503 e. The molecule has 0 saturated heterocycles. The van der Waals surface area contributed by atoms with E-state index in [0.29, 0.717) is 17.1 Å². The predicted octanol–water partition coefficient (Wildman–Crippen LogP) is 5.96. The number of rotatable bonds is 6. The van der Waals surface area contributed by atoms with E-state index < -0.39 is 6.04 Å². The van der Waals surface area contributed by atoms with Crippen LogP contribution in [0.2, 0.25) is 5.02 Å². The minimum Gasteiger partial charge on any atom is -0.503 e. The molecule has 0 saturated carbocycles. The van der Waals surface area contributed by atoms with Crippen molar-refractivity contribution in [3.8, 4) is 5.75 Å². The second kappa shape index (κ2) is 8.86. The Labute approximate surface area is 187 Å². The summed E-state index contributed by atoms with van der Waals surface area (Å²) in [6.45, 7) is 2.47. The lowest BCUT2D eigenvalue weighted by Gasteiger charge is -2.28. The maximum Gasteiger partial charge on any atom is 0.290 e. The molecule has 31 heavy (non-hydrogen) atoms. The van der Waals surface area contributed by atoms with Gasteiger partial charge in [0.15, 0.2) is 5.76 Å². The molecule has 0 unspecified atom stereocenters. The highest BCUT2D eigenvalue weighted by atomic mass is 35.5. The van der Waals surface area contributed by atoms with Crippen LogP contribution in [0.5, 0.6) is 5.75 Å². The quantitative estimate of drug-likeness (QED) is 0.521. The fourth-order valence-corrected chi connectivity index (χ4v) is 4.08. The summed E-state index contributed by atoms with van der Waals surface area (Å²) in [5.41, 5.74) is 4.50. The van der Waals surface area contributed by atoms with Gasteiger partial charge in [0.1, 0.15) is 5.75 Å². The number of aliphatic hydroxyl groups excluding tert-OH is 1. The molecule has 0 aliphatic carbocycles. The molecule has 0 fully saturated rings. The Bertz CT molecular complexity index is 1100. The van der Waals surface area contributed by atoms with Gasteiger partial charge in [-0.2, -0.15) is 0 Å². The van der Waals surface area contributed by atoms with E-state index in [2.05, 4.69) is 19.1 Å². The zero-order valence-electron chi connectivity index (χ0n) is 17.5. The maximum absolute atomic E-state index is 13.2. The van der Waals surface area contributed by atoms with Gasteiger partial charge >= 0.3 is 0 Å². The number of nitrogens with zero attached hydrogens (tertiary/aromatic N) is 1. The van der Waals surface area contributed by atoms with Crippen LogP contribution >= 0.6 is 11.6 Å². The van der Waals surface area contributed by atoms with Crippen LogP contribution < -0.4 is 4.74 Å². The Morgan fingerprint density at radius 3 is 2.13 bits per heavy atom. The van der Waals surface area contributed by atoms with Gasteiger partial charge in [-0.25, -0.2) is 0 Å². The average molecular weight is 434 g/mol. The molecule has 158 valence electrons. The lowest BCUT2D eigenvalue weighted by Crippen LogP contribution is -2.29. The van der Waals surface area contributed by atoms with Gasteiger partial charge in [-0.1, -0.05) is 67.1 Å². The Hall–Kier alpha value is -3.24. The summed E-state index contributed by atoms with van der Waals surface area (Å²) in [7, 11) is 1.61. The summed E-state index contributed by atoms with van der Waals surface area (Å²) in [5, 5.41) is 11.5. The number of methoxy groups -OCH3 is 1. The summed E-state index contributed by atoms with van der Waals surface area (Å²) in [4.78, 5) is 14.9. The van der Waals surface area contributed by atoms with Crippen molar-refractivity contribution >= 4 is 23.1 Å². The molecule has 4 rings (SSSR count). The molecule has 1 N–H and O–H groups in total. The molecule has 0 aromatic heterocycles. The minimum atomic E-state index is -0.400. The van der Waals surface area contributed by atoms with E-state index in [9.17, 15) is 9.90 Å². The molecule has 3 aromatic carbocycles. The van der Waals surface area contributed by atoms with Crippen molar-refractivity contribution in [2.24, 2.45) is 0 Å². The number of carbonyl (C=O) groups is 1. The third-order valence-electron chi connectivity index (χ3n) is 5.67. The van der Waals surface area contributed by atoms with E-state index in [1.807, 2.05) is 48.5 Å². The van der Waals surface area contributed by atoms with E-state index in [4.69, 9.17) is 16.3 Å². The summed E-state index contributed by atoms with van der Waals surface area (Å²) >= 11 is 6.02. The molecule has 3 aromatic rings. The summed E-state index contributed by atoms with van der Waals surface area (Å²) in [6, 6.07) is 22.6. The maximum atomic E-state index is 13.2. The van der Waals surface area contributed by atoms with Gasteiger partial charge in [-0.05, 0) is 52.9 Å². The number of hydrogen-bond acceptors (Lipinski definition) is 3. The first-order valence-electron chi connectivity index (χ1n) is 10.2. The van der Waals surface area contributed by atoms with Gasteiger partial charge in [0, 0.05) is 17.1 Å². The Balaban J connectivity index is 1.78. The molecule has 0 spiro atoms. The highest BCUT2D eigenvalue weighted by Crippen LogP contribution is 2.44. The van der Waals surface area contributed by atoms with E-state index in [0.717, 1.165) is 28.9 Å². The van der Waals surface area contributed by atoms with E-state index in [-0.39, 0.29) is 11.7 Å². The van der Waals surface area contributed by atoms with Gasteiger partial charge in [0.2, 0.25) is 0 Å². The normalized spacial score (nSPS) is 16.2. The number of halogens is 1. The molecular formula is C26H24ClNO3. The molecular weight excluding hydrogens is 410 g/mol. The molecule has 0 radical (unpaired) electrons. The standard InChI is InChI=1S/C26H24ClNO3/c1-3-17-4-8-20(9-5-17)24-23(19-10-14-22(31-2)15-11-19)25(29)26(30)28(24)16-18-6-12-21(27)13-7-18/h4-15,24,29H,3,16H2,1-2H3/t24-/m0/s1. The number of aryl methyl sites for hydroxylation is 1. The molecule has 0 bridgehead atoms. The topological polar surface area (TPSA) is 49.8 Å². The fraction of sp³-hybridized carbons (Fsp3) is 0.192. The summed E-state index contributed by atoms with van der Waals surface area (Å²) in [5.74, 6) is 0.115. The number of carbonyl (C=O) groups excluding carboxylic acids is 1. The molecule has 1 amide bonds. The Kier molecular flexibility index (Phi) is 6.01. The number of ether oxygens (including phenoxy) is 1. The van der Waals surface area contributed by atoms with Crippen LogP contribution in [0.25, 0.3) is 5.57 Å². The zero-order valence-corrected chi connectivity index (χ0v) is 18.3. The van der Waals surface area contributed by atoms with Gasteiger partial charge < -0.3 is 14.7 Å². The number of aliphatic hydroxyl groups is 1. The number of amides is 1. The SMILES string of the molecule is CCc1ccc([C@H]2C(c3ccc(OC)cc3)=C(O)C(=O)N2Cc2ccc(Cl)cc2)cc1. The molecule has 1 aliphatic rings. The summed E-state index contributed by atoms with van der Waals surface area (Å²) in [6.07, 6.45) is 0.935. The van der Waals surface area contributed by atoms with Crippen molar-refractivity contribution in [1.29, 1.82) is 0 Å². The first-order chi connectivity index (χ1) is 15.0. The smallest absolute Gasteiger partial charge is 0.290 e. The van der Waals surface area contributed by atoms with Crippen molar-refractivity contribution in [1.82, 2.24) is 4.90 Å². The zero-order chi connectivity index (χ0) is 22.0. The minimum absolute atomic E-state index is 0.219. The Morgan fingerprint density at radius 1 is 0.935 bits per heavy atom. The van der Waals surface area contributed by atoms with E-state index >= 15 is 0 Å². The van der Waals surface area contributed by atoms with Crippen LogP contribution in [0.1, 0.15) is 35.2 Å². The van der Waals surface area contributed by atoms with Gasteiger partial charge in [0.05, 0.1) is 13.2 Å². The van der Waals surface area contributed by atoms with Crippen molar-refractivity contribution in [3.63, 3.8) is 0 Å². The van der Waals surface area contributed by atoms with Gasteiger partial charge in [0.25, 0.3) is 5.91 Å². The Morgan fingerprint density at radius 2 is 1.55 bits per heavy atom. The molecule has 1 aliphatic heterocycles. The second-order valence-corrected chi connectivity index (χ2v) is 7.98. The third-order valence-corrected chi connectivity index (χ3v) is 5.93. The molecule has 1 atom stereocenters. The van der Waals surface area contributed by atoms with Crippen molar-refractivity contribution in [3.05, 3.63) is 106 Å². The average Bonchev–Trinajstić information content (AvgIpc) is 3.05. The molecule has 1 heterocycles. The van der Waals surface area contributed by atoms with Crippen LogP contribution in [0.15, 0.2) is 78.6 Å². The first kappa shape index (κ1) is 21.0. The van der Waals surface area contributed by atoms with Gasteiger partial charge in [-0.15, -0.1) is 0 Å². The highest BCUT2D eigenvalue weighted by Gasteiger charge is 2.41. The van der Waals surface area contributed by atoms with Crippen LogP contribution in [0.3, 0.4) is 0 Å². The third kappa shape index (κ3) is 4.17. The summed E-state index contributed by atoms with van der Waals surface area (Å²) < 4.78 is 5.26. The van der Waals surface area contributed by atoms with Crippen molar-refractivity contribution < 1.29 is 14.6 Å². The van der Waals surface area contributed by atoms with E-state index in [1.54, 1.807) is 24.1 Å². The first-order valence-corrected chi connectivity index (χ1v) is 10.6. The fourth-order valence-electron chi connectivity index (χ4n) is 3.95. The van der Waals surface area contributed by atoms with Crippen LogP contribution in [-0.4, -0.2) is 23.0 Å². The second-order valence-electron chi connectivity index (χ2n) is 7.55. The lowest BCUT2D eigenvalue weighted by molar-refractivity contribution is -0.130. The lowest BCUT2D eigenvalue weighted by atomic mass is 9.92. The monoisotopic (exact) mass is 433 g/mol. The van der Waals surface area contributed by atoms with E-state index in [1.165, 1.54) is 5.56 Å².